The number of carbonyl (C=O) groups is 2. The second kappa shape index (κ2) is 17.1. The first-order valence-corrected chi connectivity index (χ1v) is 16.8. The van der Waals surface area contributed by atoms with E-state index in [-0.39, 0.29) is 68.0 Å². The Morgan fingerprint density at radius 1 is 0.909 bits per heavy atom. The van der Waals surface area contributed by atoms with Gasteiger partial charge in [0.1, 0.15) is 12.2 Å². The van der Waals surface area contributed by atoms with Crippen molar-refractivity contribution in [1.82, 2.24) is 14.9 Å². The van der Waals surface area contributed by atoms with Crippen LogP contribution in [0.25, 0.3) is 21.7 Å². The molecule has 0 N–H and O–H groups in total. The number of amides is 1. The molecule has 0 aliphatic heterocycles. The molecule has 0 spiro atoms. The van der Waals surface area contributed by atoms with E-state index in [9.17, 15) is 36.3 Å². The molecule has 5 aromatic rings. The Kier molecular flexibility index (Phi) is 12.6. The van der Waals surface area contributed by atoms with Gasteiger partial charge in [0.05, 0.1) is 17.7 Å². The molecule has 0 aliphatic carbocycles. The van der Waals surface area contributed by atoms with Crippen molar-refractivity contribution in [3.63, 3.8) is 0 Å². The number of benzene rings is 2. The SMILES string of the molecule is Cc1oc(=O)oc1COC(=O)c1ccc2c(c1)nc(OCCOCCCCN(Cc1cc(F)c(OC(F)(F)F)c(F)c1)C(=O)OC(C)(C)C)c1ccncc12. The Hall–Kier alpha value is -5.78. The molecular weight excluding hydrogens is 741 g/mol. The molecule has 13 nitrogen and oxygen atoms in total. The molecule has 3 aromatic heterocycles. The number of aryl methyl sites for hydroxylation is 1. The summed E-state index contributed by atoms with van der Waals surface area (Å²) >= 11 is 0. The van der Waals surface area contributed by atoms with Crippen LogP contribution in [-0.2, 0) is 27.4 Å². The van der Waals surface area contributed by atoms with Crippen LogP contribution in [0.4, 0.5) is 26.7 Å². The molecule has 294 valence electrons. The topological polar surface area (TPSA) is 153 Å². The number of ether oxygens (including phenoxy) is 5. The summed E-state index contributed by atoms with van der Waals surface area (Å²) in [7, 11) is 0. The van der Waals surface area contributed by atoms with E-state index in [0.29, 0.717) is 41.3 Å². The highest BCUT2D eigenvalue weighted by Crippen LogP contribution is 2.32. The minimum Gasteiger partial charge on any atom is -0.475 e. The second-order valence-corrected chi connectivity index (χ2v) is 13.1. The lowest BCUT2D eigenvalue weighted by Crippen LogP contribution is -2.37. The van der Waals surface area contributed by atoms with Crippen molar-refractivity contribution in [2.45, 2.75) is 65.7 Å². The summed E-state index contributed by atoms with van der Waals surface area (Å²) in [6, 6.07) is 7.89. The third-order valence-electron chi connectivity index (χ3n) is 7.70. The Morgan fingerprint density at radius 3 is 2.33 bits per heavy atom. The number of nitrogens with zero attached hydrogens (tertiary/aromatic N) is 3. The minimum atomic E-state index is -5.30. The molecule has 2 aromatic carbocycles. The van der Waals surface area contributed by atoms with Crippen molar-refractivity contribution in [2.24, 2.45) is 0 Å². The number of pyridine rings is 2. The van der Waals surface area contributed by atoms with Gasteiger partial charge in [0.2, 0.25) is 11.6 Å². The van der Waals surface area contributed by atoms with Crippen LogP contribution in [0.15, 0.2) is 62.4 Å². The zero-order valence-electron chi connectivity index (χ0n) is 30.1. The molecule has 3 heterocycles. The van der Waals surface area contributed by atoms with E-state index in [0.717, 1.165) is 5.39 Å². The Balaban J connectivity index is 1.15. The zero-order chi connectivity index (χ0) is 39.9. The average Bonchev–Trinajstić information content (AvgIpc) is 3.43. The van der Waals surface area contributed by atoms with Gasteiger partial charge < -0.3 is 37.4 Å². The second-order valence-electron chi connectivity index (χ2n) is 13.1. The number of rotatable bonds is 15. The van der Waals surface area contributed by atoms with Gasteiger partial charge in [-0.2, -0.15) is 0 Å². The number of unbranched alkanes of at least 4 members (excludes halogenated alkanes) is 1. The maximum absolute atomic E-state index is 14.3. The largest absolute Gasteiger partial charge is 0.573 e. The van der Waals surface area contributed by atoms with Gasteiger partial charge in [-0.3, -0.25) is 4.98 Å². The van der Waals surface area contributed by atoms with Crippen LogP contribution >= 0.6 is 0 Å². The van der Waals surface area contributed by atoms with Gasteiger partial charge in [-0.05, 0) is 76.4 Å². The molecule has 1 amide bonds. The first kappa shape index (κ1) is 40.4. The van der Waals surface area contributed by atoms with Crippen molar-refractivity contribution < 1.29 is 64.1 Å². The molecule has 0 saturated carbocycles. The Labute approximate surface area is 309 Å². The summed E-state index contributed by atoms with van der Waals surface area (Å²) in [6.45, 7) is 6.35. The number of hydrogen-bond donors (Lipinski definition) is 0. The molecular formula is C37H36F5N3O10. The van der Waals surface area contributed by atoms with Crippen molar-refractivity contribution in [3.05, 3.63) is 93.7 Å². The fourth-order valence-electron chi connectivity index (χ4n) is 5.28. The number of halogens is 5. The van der Waals surface area contributed by atoms with Crippen LogP contribution in [0.2, 0.25) is 0 Å². The summed E-state index contributed by atoms with van der Waals surface area (Å²) in [4.78, 5) is 47.0. The molecule has 18 heteroatoms. The maximum Gasteiger partial charge on any atom is 0.573 e. The minimum absolute atomic E-state index is 0.0781. The van der Waals surface area contributed by atoms with E-state index in [1.54, 1.807) is 51.4 Å². The molecule has 0 unspecified atom stereocenters. The summed E-state index contributed by atoms with van der Waals surface area (Å²) in [5.41, 5.74) is -0.375. The van der Waals surface area contributed by atoms with E-state index < -0.39 is 47.2 Å². The van der Waals surface area contributed by atoms with E-state index >= 15 is 0 Å². The molecule has 0 radical (unpaired) electrons. The first-order valence-electron chi connectivity index (χ1n) is 16.8. The highest BCUT2D eigenvalue weighted by Gasteiger charge is 2.34. The summed E-state index contributed by atoms with van der Waals surface area (Å²) in [5.74, 6) is -5.75. The lowest BCUT2D eigenvalue weighted by atomic mass is 10.1. The Bertz CT molecular complexity index is 2190. The number of fused-ring (bicyclic) bond motifs is 3. The third-order valence-corrected chi connectivity index (χ3v) is 7.70. The number of hydrogen-bond acceptors (Lipinski definition) is 12. The summed E-state index contributed by atoms with van der Waals surface area (Å²) in [5, 5.41) is 2.11. The lowest BCUT2D eigenvalue weighted by molar-refractivity contribution is -0.276. The highest BCUT2D eigenvalue weighted by atomic mass is 19.4. The van der Waals surface area contributed by atoms with Crippen LogP contribution in [-0.4, -0.2) is 65.3 Å². The highest BCUT2D eigenvalue weighted by molar-refractivity contribution is 6.08. The Morgan fingerprint density at radius 2 is 1.65 bits per heavy atom. The molecule has 5 rings (SSSR count). The van der Waals surface area contributed by atoms with E-state index in [1.807, 2.05) is 0 Å². The van der Waals surface area contributed by atoms with Gasteiger partial charge in [-0.1, -0.05) is 6.07 Å². The molecule has 0 atom stereocenters. The van der Waals surface area contributed by atoms with Gasteiger partial charge in [0, 0.05) is 48.2 Å². The maximum atomic E-state index is 14.3. The lowest BCUT2D eigenvalue weighted by Gasteiger charge is -2.27. The number of carbonyl (C=O) groups excluding carboxylic acids is 2. The average molecular weight is 778 g/mol. The molecule has 0 fully saturated rings. The normalized spacial score (nSPS) is 11.9. The van der Waals surface area contributed by atoms with Gasteiger partial charge in [0.25, 0.3) is 0 Å². The predicted molar refractivity (Wildman–Crippen MR) is 183 cm³/mol. The van der Waals surface area contributed by atoms with Crippen molar-refractivity contribution >= 4 is 33.7 Å². The van der Waals surface area contributed by atoms with Crippen molar-refractivity contribution in [1.29, 1.82) is 0 Å². The van der Waals surface area contributed by atoms with E-state index in [1.165, 1.54) is 17.9 Å². The number of aromatic nitrogens is 2. The molecule has 0 saturated heterocycles. The fraction of sp³-hybridized carbons (Fsp3) is 0.378. The summed E-state index contributed by atoms with van der Waals surface area (Å²) in [6.07, 6.45) is -2.01. The smallest absolute Gasteiger partial charge is 0.475 e. The van der Waals surface area contributed by atoms with E-state index in [4.69, 9.17) is 27.8 Å². The first-order chi connectivity index (χ1) is 26.0. The van der Waals surface area contributed by atoms with Crippen LogP contribution in [0, 0.1) is 18.6 Å². The monoisotopic (exact) mass is 777 g/mol. The molecule has 0 bridgehead atoms. The van der Waals surface area contributed by atoms with Crippen LogP contribution < -0.4 is 15.3 Å². The van der Waals surface area contributed by atoms with Crippen molar-refractivity contribution in [3.8, 4) is 11.6 Å². The van der Waals surface area contributed by atoms with Crippen LogP contribution in [0.5, 0.6) is 11.6 Å². The standard InChI is InChI=1S/C37H36F5N3O10/c1-21-30(53-35(48)52-21)20-51-33(46)23-7-8-24-26-18-43-10-9-25(26)32(44-29(24)17-23)50-14-13-49-12-6-5-11-45(34(47)55-36(2,3)4)19-22-15-27(38)31(28(39)16-22)54-37(40,41)42/h7-10,15-18H,5-6,11-14,19-20H2,1-4H3. The predicted octanol–water partition coefficient (Wildman–Crippen LogP) is 7.78. The van der Waals surface area contributed by atoms with Gasteiger partial charge in [-0.15, -0.1) is 13.2 Å². The van der Waals surface area contributed by atoms with Gasteiger partial charge in [0.15, 0.2) is 29.8 Å². The molecule has 0 aliphatic rings. The van der Waals surface area contributed by atoms with Gasteiger partial charge >= 0.3 is 24.2 Å². The number of alkyl halides is 3. The third kappa shape index (κ3) is 11.1. The fourth-order valence-corrected chi connectivity index (χ4v) is 5.28. The van der Waals surface area contributed by atoms with Crippen LogP contribution in [0.3, 0.4) is 0 Å². The zero-order valence-corrected chi connectivity index (χ0v) is 30.1. The quantitative estimate of drug-likeness (QED) is 0.0442. The molecule has 55 heavy (non-hydrogen) atoms. The van der Waals surface area contributed by atoms with Crippen molar-refractivity contribution in [2.75, 3.05) is 26.4 Å². The van der Waals surface area contributed by atoms with Crippen LogP contribution in [0.1, 0.15) is 61.1 Å². The summed E-state index contributed by atoms with van der Waals surface area (Å²) < 4.78 is 102. The van der Waals surface area contributed by atoms with E-state index in [2.05, 4.69) is 14.7 Å². The van der Waals surface area contributed by atoms with Gasteiger partial charge in [-0.25, -0.2) is 28.1 Å². The number of esters is 1.